The molecule has 7 nitrogen and oxygen atoms in total. The number of hydrogen-bond acceptors (Lipinski definition) is 6. The van der Waals surface area contributed by atoms with Gasteiger partial charge in [-0.2, -0.15) is 10.1 Å². The average molecular weight is 248 g/mol. The number of nitrogens with one attached hydrogen (secondary N) is 1. The van der Waals surface area contributed by atoms with Crippen LogP contribution in [0.2, 0.25) is 0 Å². The molecule has 0 unspecified atom stereocenters. The molecular weight excluding hydrogens is 232 g/mol. The molecule has 0 radical (unpaired) electrons. The Bertz CT molecular complexity index is 528. The third-order valence-electron chi connectivity index (χ3n) is 2.38. The van der Waals surface area contributed by atoms with Crippen molar-refractivity contribution in [3.63, 3.8) is 0 Å². The predicted octanol–water partition coefficient (Wildman–Crippen LogP) is 1.16. The van der Waals surface area contributed by atoms with Crippen molar-refractivity contribution in [3.05, 3.63) is 23.7 Å². The Hall–Kier alpha value is -2.15. The third kappa shape index (κ3) is 2.57. The molecule has 0 aliphatic carbocycles. The van der Waals surface area contributed by atoms with Crippen LogP contribution in [0.15, 0.2) is 12.1 Å². The molecular formula is C11H16N6O. The quantitative estimate of drug-likeness (QED) is 0.623. The molecule has 0 aliphatic rings. The molecule has 0 spiro atoms. The largest absolute Gasteiger partial charge is 0.421 e. The topological polar surface area (TPSA) is 90.9 Å². The van der Waals surface area contributed by atoms with Crippen LogP contribution < -0.4 is 16.0 Å². The van der Waals surface area contributed by atoms with Crippen LogP contribution in [0.1, 0.15) is 18.4 Å². The summed E-state index contributed by atoms with van der Waals surface area (Å²) in [6, 6.07) is 3.48. The van der Waals surface area contributed by atoms with Gasteiger partial charge in [0, 0.05) is 25.6 Å². The lowest BCUT2D eigenvalue weighted by Crippen LogP contribution is -2.10. The number of anilines is 1. The molecule has 0 amide bonds. The van der Waals surface area contributed by atoms with E-state index in [1.807, 2.05) is 27.0 Å². The maximum atomic E-state index is 5.67. The lowest BCUT2D eigenvalue weighted by molar-refractivity contribution is 0.413. The number of hydrazine groups is 1. The number of rotatable bonds is 4. The summed E-state index contributed by atoms with van der Waals surface area (Å²) in [6.45, 7) is 3.87. The number of nitrogen functional groups attached to an aromatic ring is 1. The van der Waals surface area contributed by atoms with Crippen molar-refractivity contribution in [3.8, 4) is 11.8 Å². The summed E-state index contributed by atoms with van der Waals surface area (Å²) < 4.78 is 7.32. The summed E-state index contributed by atoms with van der Waals surface area (Å²) in [5.41, 5.74) is 3.38. The maximum absolute atomic E-state index is 5.67. The highest BCUT2D eigenvalue weighted by Crippen LogP contribution is 2.21. The first kappa shape index (κ1) is 12.3. The Balaban J connectivity index is 2.30. The van der Waals surface area contributed by atoms with E-state index in [1.165, 1.54) is 0 Å². The van der Waals surface area contributed by atoms with Crippen LogP contribution in [0.5, 0.6) is 11.8 Å². The van der Waals surface area contributed by atoms with E-state index in [-0.39, 0.29) is 0 Å². The second-order valence-electron chi connectivity index (χ2n) is 3.86. The van der Waals surface area contributed by atoms with E-state index in [0.29, 0.717) is 29.8 Å². The molecule has 7 heteroatoms. The first-order valence-electron chi connectivity index (χ1n) is 5.65. The fourth-order valence-electron chi connectivity index (χ4n) is 1.55. The summed E-state index contributed by atoms with van der Waals surface area (Å²) in [6.07, 6.45) is 0.705. The van der Waals surface area contributed by atoms with Crippen molar-refractivity contribution in [2.45, 2.75) is 20.3 Å². The molecule has 0 aromatic carbocycles. The van der Waals surface area contributed by atoms with Gasteiger partial charge in [0.25, 0.3) is 0 Å². The lowest BCUT2D eigenvalue weighted by Gasteiger charge is -2.07. The van der Waals surface area contributed by atoms with Gasteiger partial charge in [-0.3, -0.25) is 0 Å². The maximum Gasteiger partial charge on any atom is 0.226 e. The van der Waals surface area contributed by atoms with Gasteiger partial charge in [-0.05, 0) is 6.92 Å². The van der Waals surface area contributed by atoms with Gasteiger partial charge in [0.2, 0.25) is 11.8 Å². The van der Waals surface area contributed by atoms with E-state index < -0.39 is 0 Å². The van der Waals surface area contributed by atoms with Crippen molar-refractivity contribution >= 4 is 5.82 Å². The SMILES string of the molecule is CCc1nc(NN)cc(Oc2cc(C)nn2C)n1. The molecule has 0 saturated carbocycles. The van der Waals surface area contributed by atoms with E-state index in [2.05, 4.69) is 20.5 Å². The van der Waals surface area contributed by atoms with E-state index in [1.54, 1.807) is 10.7 Å². The average Bonchev–Trinajstić information content (AvgIpc) is 2.67. The van der Waals surface area contributed by atoms with Gasteiger partial charge in [-0.25, -0.2) is 15.5 Å². The second-order valence-corrected chi connectivity index (χ2v) is 3.86. The minimum Gasteiger partial charge on any atom is -0.421 e. The normalized spacial score (nSPS) is 10.4. The third-order valence-corrected chi connectivity index (χ3v) is 2.38. The van der Waals surface area contributed by atoms with Crippen LogP contribution in [0.25, 0.3) is 0 Å². The zero-order valence-corrected chi connectivity index (χ0v) is 10.6. The number of nitrogens with zero attached hydrogens (tertiary/aromatic N) is 4. The Morgan fingerprint density at radius 1 is 1.39 bits per heavy atom. The van der Waals surface area contributed by atoms with Crippen molar-refractivity contribution in [1.82, 2.24) is 19.7 Å². The van der Waals surface area contributed by atoms with Crippen LogP contribution >= 0.6 is 0 Å². The second kappa shape index (κ2) is 5.01. The molecule has 0 atom stereocenters. The Kier molecular flexibility index (Phi) is 3.42. The zero-order valence-electron chi connectivity index (χ0n) is 10.6. The minimum atomic E-state index is 0.442. The number of aryl methyl sites for hydroxylation is 3. The first-order valence-corrected chi connectivity index (χ1v) is 5.65. The smallest absolute Gasteiger partial charge is 0.226 e. The van der Waals surface area contributed by atoms with Gasteiger partial charge in [0.15, 0.2) is 0 Å². The Morgan fingerprint density at radius 2 is 2.17 bits per heavy atom. The number of hydrogen-bond donors (Lipinski definition) is 2. The van der Waals surface area contributed by atoms with Crippen LogP contribution in [0.3, 0.4) is 0 Å². The van der Waals surface area contributed by atoms with E-state index >= 15 is 0 Å². The van der Waals surface area contributed by atoms with E-state index in [4.69, 9.17) is 10.6 Å². The highest BCUT2D eigenvalue weighted by Gasteiger charge is 2.08. The highest BCUT2D eigenvalue weighted by molar-refractivity contribution is 5.38. The Morgan fingerprint density at radius 3 is 2.72 bits per heavy atom. The monoisotopic (exact) mass is 248 g/mol. The standard InChI is InChI=1S/C11H16N6O/c1-4-8-13-9(15-12)6-10(14-8)18-11-5-7(2)16-17(11)3/h5-6H,4,12H2,1-3H3,(H,13,14,15). The van der Waals surface area contributed by atoms with Crippen molar-refractivity contribution < 1.29 is 4.74 Å². The van der Waals surface area contributed by atoms with Crippen LogP contribution in [0, 0.1) is 6.92 Å². The molecule has 0 aliphatic heterocycles. The fraction of sp³-hybridized carbons (Fsp3) is 0.364. The van der Waals surface area contributed by atoms with Gasteiger partial charge >= 0.3 is 0 Å². The van der Waals surface area contributed by atoms with Gasteiger partial charge in [-0.15, -0.1) is 0 Å². The summed E-state index contributed by atoms with van der Waals surface area (Å²) in [5.74, 6) is 7.61. The van der Waals surface area contributed by atoms with Crippen molar-refractivity contribution in [2.24, 2.45) is 12.9 Å². The molecule has 96 valence electrons. The number of aromatic nitrogens is 4. The molecule has 2 aromatic heterocycles. The molecule has 2 rings (SSSR count). The lowest BCUT2D eigenvalue weighted by atomic mass is 10.4. The number of nitrogens with two attached hydrogens (primary N) is 1. The Labute approximate surface area is 105 Å². The number of ether oxygens (including phenoxy) is 1. The molecule has 2 aromatic rings. The molecule has 0 bridgehead atoms. The van der Waals surface area contributed by atoms with Crippen molar-refractivity contribution in [2.75, 3.05) is 5.43 Å². The molecule has 2 heterocycles. The zero-order chi connectivity index (χ0) is 13.1. The van der Waals surface area contributed by atoms with Crippen LogP contribution in [-0.2, 0) is 13.5 Å². The van der Waals surface area contributed by atoms with Gasteiger partial charge < -0.3 is 10.2 Å². The predicted molar refractivity (Wildman–Crippen MR) is 67.2 cm³/mol. The molecule has 0 saturated heterocycles. The molecule has 18 heavy (non-hydrogen) atoms. The van der Waals surface area contributed by atoms with Crippen molar-refractivity contribution in [1.29, 1.82) is 0 Å². The van der Waals surface area contributed by atoms with Gasteiger partial charge in [-0.1, -0.05) is 6.92 Å². The van der Waals surface area contributed by atoms with E-state index in [9.17, 15) is 0 Å². The summed E-state index contributed by atoms with van der Waals surface area (Å²) >= 11 is 0. The summed E-state index contributed by atoms with van der Waals surface area (Å²) in [5, 5.41) is 4.20. The fourth-order valence-corrected chi connectivity index (χ4v) is 1.55. The molecule has 0 fully saturated rings. The van der Waals surface area contributed by atoms with Gasteiger partial charge in [0.05, 0.1) is 5.69 Å². The summed E-state index contributed by atoms with van der Waals surface area (Å²) in [4.78, 5) is 8.47. The van der Waals surface area contributed by atoms with Gasteiger partial charge in [0.1, 0.15) is 11.6 Å². The molecule has 3 N–H and O–H groups in total. The minimum absolute atomic E-state index is 0.442. The van der Waals surface area contributed by atoms with Crippen LogP contribution in [-0.4, -0.2) is 19.7 Å². The first-order chi connectivity index (χ1) is 8.62. The summed E-state index contributed by atoms with van der Waals surface area (Å²) in [7, 11) is 1.81. The van der Waals surface area contributed by atoms with Crippen LogP contribution in [0.4, 0.5) is 5.82 Å². The highest BCUT2D eigenvalue weighted by atomic mass is 16.5. The van der Waals surface area contributed by atoms with E-state index in [0.717, 1.165) is 5.69 Å².